The Bertz CT molecular complexity index is 1210. The Hall–Kier alpha value is -3.54. The molecule has 31 heavy (non-hydrogen) atoms. The Labute approximate surface area is 179 Å². The quantitative estimate of drug-likeness (QED) is 0.472. The van der Waals surface area contributed by atoms with Gasteiger partial charge < -0.3 is 9.32 Å². The highest BCUT2D eigenvalue weighted by atomic mass is 19.1. The zero-order valence-corrected chi connectivity index (χ0v) is 17.0. The summed E-state index contributed by atoms with van der Waals surface area (Å²) >= 11 is 0. The predicted octanol–water partition coefficient (Wildman–Crippen LogP) is 4.98. The third-order valence-electron chi connectivity index (χ3n) is 5.88. The van der Waals surface area contributed by atoms with Gasteiger partial charge in [0.15, 0.2) is 0 Å². The van der Waals surface area contributed by atoms with Gasteiger partial charge in [0.2, 0.25) is 17.7 Å². The first-order valence-corrected chi connectivity index (χ1v) is 10.5. The van der Waals surface area contributed by atoms with E-state index < -0.39 is 0 Å². The first kappa shape index (κ1) is 19.4. The van der Waals surface area contributed by atoms with Crippen LogP contribution in [0.5, 0.6) is 0 Å². The van der Waals surface area contributed by atoms with E-state index in [1.165, 1.54) is 12.1 Å². The van der Waals surface area contributed by atoms with Gasteiger partial charge in [-0.1, -0.05) is 42.5 Å². The summed E-state index contributed by atoms with van der Waals surface area (Å²) < 4.78 is 19.0. The molecule has 1 aromatic heterocycles. The molecule has 1 aliphatic heterocycles. The molecule has 3 aromatic carbocycles. The lowest BCUT2D eigenvalue weighted by molar-refractivity contribution is -0.131. The number of benzene rings is 3. The van der Waals surface area contributed by atoms with Crippen LogP contribution >= 0.6 is 0 Å². The third-order valence-corrected chi connectivity index (χ3v) is 5.88. The van der Waals surface area contributed by atoms with Crippen LogP contribution in [-0.2, 0) is 11.2 Å². The van der Waals surface area contributed by atoms with Crippen molar-refractivity contribution in [2.24, 2.45) is 0 Å². The summed E-state index contributed by atoms with van der Waals surface area (Å²) in [5.41, 5.74) is 1.72. The van der Waals surface area contributed by atoms with E-state index in [0.29, 0.717) is 30.3 Å². The first-order valence-electron chi connectivity index (χ1n) is 10.5. The minimum absolute atomic E-state index is 0.00640. The highest BCUT2D eigenvalue weighted by Crippen LogP contribution is 2.29. The van der Waals surface area contributed by atoms with E-state index in [-0.39, 0.29) is 17.6 Å². The maximum atomic E-state index is 13.2. The van der Waals surface area contributed by atoms with Gasteiger partial charge in [0.25, 0.3) is 0 Å². The summed E-state index contributed by atoms with van der Waals surface area (Å²) in [5.74, 6) is 0.707. The normalized spacial score (nSPS) is 16.5. The Morgan fingerprint density at radius 2 is 1.84 bits per heavy atom. The van der Waals surface area contributed by atoms with Crippen LogP contribution in [0.15, 0.2) is 71.1 Å². The summed E-state index contributed by atoms with van der Waals surface area (Å²) in [6.07, 6.45) is 2.15. The number of piperidine rings is 1. The number of aromatic nitrogens is 2. The molecule has 5 rings (SSSR count). The second-order valence-corrected chi connectivity index (χ2v) is 7.95. The van der Waals surface area contributed by atoms with Crippen molar-refractivity contribution in [3.8, 4) is 11.5 Å². The highest BCUT2D eigenvalue weighted by Gasteiger charge is 2.28. The van der Waals surface area contributed by atoms with E-state index in [0.717, 1.165) is 35.7 Å². The van der Waals surface area contributed by atoms with Gasteiger partial charge in [-0.05, 0) is 53.4 Å². The molecule has 0 spiro atoms. The predicted molar refractivity (Wildman–Crippen MR) is 116 cm³/mol. The van der Waals surface area contributed by atoms with Crippen molar-refractivity contribution in [3.05, 3.63) is 84.0 Å². The van der Waals surface area contributed by atoms with Gasteiger partial charge >= 0.3 is 0 Å². The van der Waals surface area contributed by atoms with Crippen LogP contribution < -0.4 is 0 Å². The zero-order valence-electron chi connectivity index (χ0n) is 17.0. The van der Waals surface area contributed by atoms with E-state index in [1.54, 1.807) is 12.1 Å². The number of carbonyl (C=O) groups is 1. The van der Waals surface area contributed by atoms with Crippen molar-refractivity contribution in [2.45, 2.75) is 25.2 Å². The molecule has 0 radical (unpaired) electrons. The molecule has 0 saturated carbocycles. The largest absolute Gasteiger partial charge is 0.420 e. The molecule has 156 valence electrons. The minimum atomic E-state index is -0.309. The van der Waals surface area contributed by atoms with Gasteiger partial charge in [0.1, 0.15) is 5.82 Å². The Morgan fingerprint density at radius 3 is 2.71 bits per heavy atom. The van der Waals surface area contributed by atoms with E-state index in [1.807, 2.05) is 29.2 Å². The Kier molecular flexibility index (Phi) is 5.20. The van der Waals surface area contributed by atoms with Gasteiger partial charge in [-0.3, -0.25) is 4.79 Å². The van der Waals surface area contributed by atoms with Crippen molar-refractivity contribution < 1.29 is 13.6 Å². The fraction of sp³-hybridized carbons (Fsp3) is 0.240. The number of likely N-dealkylation sites (tertiary alicyclic amines) is 1. The molecule has 1 saturated heterocycles. The molecule has 1 fully saturated rings. The fourth-order valence-electron chi connectivity index (χ4n) is 4.24. The topological polar surface area (TPSA) is 59.2 Å². The number of nitrogens with zero attached hydrogens (tertiary/aromatic N) is 3. The molecule has 1 unspecified atom stereocenters. The van der Waals surface area contributed by atoms with Crippen LogP contribution in [-0.4, -0.2) is 34.1 Å². The van der Waals surface area contributed by atoms with Crippen LogP contribution in [0, 0.1) is 5.82 Å². The number of carbonyl (C=O) groups excluding carboxylic acids is 1. The molecule has 1 atom stereocenters. The molecule has 0 bridgehead atoms. The number of hydrogen-bond acceptors (Lipinski definition) is 4. The van der Waals surface area contributed by atoms with Gasteiger partial charge in [-0.15, -0.1) is 10.2 Å². The fourth-order valence-corrected chi connectivity index (χ4v) is 4.24. The number of amides is 1. The maximum absolute atomic E-state index is 13.2. The average Bonchev–Trinajstić information content (AvgIpc) is 3.30. The second kappa shape index (κ2) is 8.30. The van der Waals surface area contributed by atoms with Gasteiger partial charge in [-0.25, -0.2) is 4.39 Å². The lowest BCUT2D eigenvalue weighted by Gasteiger charge is -2.31. The second-order valence-electron chi connectivity index (χ2n) is 7.95. The third kappa shape index (κ3) is 4.06. The van der Waals surface area contributed by atoms with Crippen molar-refractivity contribution in [1.82, 2.24) is 15.1 Å². The lowest BCUT2D eigenvalue weighted by Crippen LogP contribution is -2.40. The molecular weight excluding hydrogens is 393 g/mol. The average molecular weight is 415 g/mol. The van der Waals surface area contributed by atoms with E-state index in [2.05, 4.69) is 28.4 Å². The molecule has 2 heterocycles. The van der Waals surface area contributed by atoms with Crippen LogP contribution in [0.2, 0.25) is 0 Å². The van der Waals surface area contributed by atoms with E-state index in [9.17, 15) is 9.18 Å². The summed E-state index contributed by atoms with van der Waals surface area (Å²) in [5, 5.41) is 10.6. The van der Waals surface area contributed by atoms with E-state index >= 15 is 0 Å². The van der Waals surface area contributed by atoms with Crippen molar-refractivity contribution in [2.75, 3.05) is 13.1 Å². The molecule has 0 aliphatic carbocycles. The van der Waals surface area contributed by atoms with Crippen LogP contribution in [0.4, 0.5) is 4.39 Å². The smallest absolute Gasteiger partial charge is 0.247 e. The van der Waals surface area contributed by atoms with Crippen molar-refractivity contribution in [1.29, 1.82) is 0 Å². The number of hydrogen-bond donors (Lipinski definition) is 0. The molecule has 5 nitrogen and oxygen atoms in total. The van der Waals surface area contributed by atoms with Crippen LogP contribution in [0.1, 0.15) is 30.2 Å². The lowest BCUT2D eigenvalue weighted by atomic mass is 9.96. The number of halogens is 1. The van der Waals surface area contributed by atoms with Gasteiger partial charge in [-0.2, -0.15) is 0 Å². The summed E-state index contributed by atoms with van der Waals surface area (Å²) in [6.45, 7) is 1.30. The Morgan fingerprint density at radius 1 is 1.03 bits per heavy atom. The zero-order chi connectivity index (χ0) is 21.2. The van der Waals surface area contributed by atoms with Gasteiger partial charge in [0.05, 0.1) is 12.3 Å². The minimum Gasteiger partial charge on any atom is -0.420 e. The Balaban J connectivity index is 1.30. The summed E-state index contributed by atoms with van der Waals surface area (Å²) in [7, 11) is 0. The number of rotatable bonds is 4. The van der Waals surface area contributed by atoms with Gasteiger partial charge in [0, 0.05) is 18.7 Å². The summed E-state index contributed by atoms with van der Waals surface area (Å²) in [6, 6.07) is 20.2. The number of fused-ring (bicyclic) bond motifs is 1. The van der Waals surface area contributed by atoms with Crippen LogP contribution in [0.25, 0.3) is 22.2 Å². The van der Waals surface area contributed by atoms with Crippen molar-refractivity contribution >= 4 is 16.7 Å². The molecular formula is C25H22FN3O2. The maximum Gasteiger partial charge on any atom is 0.247 e. The van der Waals surface area contributed by atoms with Crippen molar-refractivity contribution in [3.63, 3.8) is 0 Å². The van der Waals surface area contributed by atoms with Crippen LogP contribution in [0.3, 0.4) is 0 Å². The molecule has 6 heteroatoms. The first-order chi connectivity index (χ1) is 15.2. The monoisotopic (exact) mass is 415 g/mol. The molecule has 4 aromatic rings. The molecule has 1 amide bonds. The standard InChI is InChI=1S/C25H22FN3O2/c26-21-12-10-18(11-13-21)24-27-28-25(31-24)20-8-4-14-29(16-20)23(30)15-19-7-3-6-17-5-1-2-9-22(17)19/h1-3,5-7,9-13,20H,4,8,14-16H2. The SMILES string of the molecule is O=C(Cc1cccc2ccccc12)N1CCCC(c2nnc(-c3ccc(F)cc3)o2)C1. The molecule has 1 aliphatic rings. The molecule has 0 N–H and O–H groups in total. The summed E-state index contributed by atoms with van der Waals surface area (Å²) in [4.78, 5) is 15.0. The highest BCUT2D eigenvalue weighted by molar-refractivity contribution is 5.90. The van der Waals surface area contributed by atoms with E-state index in [4.69, 9.17) is 4.42 Å².